The number of nitrogens with one attached hydrogen (secondary N) is 1. The van der Waals surface area contributed by atoms with Gasteiger partial charge < -0.3 is 19.7 Å². The maximum absolute atomic E-state index is 12.7. The number of hydrogen-bond donors (Lipinski definition) is 1. The molecule has 0 radical (unpaired) electrons. The first-order chi connectivity index (χ1) is 12.7. The molecule has 2 aliphatic heterocycles. The summed E-state index contributed by atoms with van der Waals surface area (Å²) < 4.78 is 11.1. The summed E-state index contributed by atoms with van der Waals surface area (Å²) in [6.07, 6.45) is 3.50. The molecule has 0 spiro atoms. The third kappa shape index (κ3) is 3.56. The Hall–Kier alpha value is -2.83. The summed E-state index contributed by atoms with van der Waals surface area (Å²) in [6.45, 7) is 4.90. The number of ether oxygens (including phenoxy) is 2. The van der Waals surface area contributed by atoms with Gasteiger partial charge in [-0.05, 0) is 30.9 Å². The number of nitrogens with zero attached hydrogens (tertiary/aromatic N) is 3. The van der Waals surface area contributed by atoms with E-state index in [9.17, 15) is 4.79 Å². The van der Waals surface area contributed by atoms with Crippen LogP contribution in [-0.2, 0) is 0 Å². The van der Waals surface area contributed by atoms with Crippen LogP contribution in [0.3, 0.4) is 0 Å². The average molecular weight is 354 g/mol. The predicted molar refractivity (Wildman–Crippen MR) is 97.0 cm³/mol. The first-order valence-corrected chi connectivity index (χ1v) is 8.97. The molecule has 1 saturated heterocycles. The normalized spacial score (nSPS) is 17.0. The Morgan fingerprint density at radius 1 is 1.12 bits per heavy atom. The molecule has 2 aliphatic rings. The van der Waals surface area contributed by atoms with E-state index in [1.807, 2.05) is 23.1 Å². The van der Waals surface area contributed by atoms with Crippen molar-refractivity contribution in [2.45, 2.75) is 19.8 Å². The summed E-state index contributed by atoms with van der Waals surface area (Å²) in [5, 5.41) is 3.20. The Balaban J connectivity index is 1.48. The zero-order valence-electron chi connectivity index (χ0n) is 14.8. The van der Waals surface area contributed by atoms with E-state index in [-0.39, 0.29) is 5.91 Å². The fraction of sp³-hybridized carbons (Fsp3) is 0.421. The standard InChI is InChI=1S/C19H22N4O3/c1-13-4-6-23(7-5-13)19(24)15-11-18(21-12-20-15)22-14-2-3-16-17(10-14)26-9-8-25-16/h2-3,10-13H,4-9H2,1H3,(H,20,21,22). The molecule has 1 aromatic heterocycles. The van der Waals surface area contributed by atoms with Gasteiger partial charge in [-0.15, -0.1) is 0 Å². The highest BCUT2D eigenvalue weighted by atomic mass is 16.6. The molecular weight excluding hydrogens is 332 g/mol. The topological polar surface area (TPSA) is 76.6 Å². The van der Waals surface area contributed by atoms with Crippen molar-refractivity contribution in [3.05, 3.63) is 36.3 Å². The molecule has 26 heavy (non-hydrogen) atoms. The van der Waals surface area contributed by atoms with Gasteiger partial charge in [0.25, 0.3) is 5.91 Å². The maximum atomic E-state index is 12.7. The van der Waals surface area contributed by atoms with Crippen molar-refractivity contribution in [3.63, 3.8) is 0 Å². The molecule has 1 amide bonds. The fourth-order valence-corrected chi connectivity index (χ4v) is 3.19. The van der Waals surface area contributed by atoms with E-state index in [2.05, 4.69) is 22.2 Å². The molecule has 0 saturated carbocycles. The summed E-state index contributed by atoms with van der Waals surface area (Å²) in [4.78, 5) is 22.9. The lowest BCUT2D eigenvalue weighted by atomic mass is 9.99. The van der Waals surface area contributed by atoms with Gasteiger partial charge in [0.2, 0.25) is 0 Å². The number of carbonyl (C=O) groups is 1. The van der Waals surface area contributed by atoms with Crippen LogP contribution in [0.25, 0.3) is 0 Å². The predicted octanol–water partition coefficient (Wildman–Crippen LogP) is 2.86. The molecule has 0 atom stereocenters. The van der Waals surface area contributed by atoms with E-state index in [1.165, 1.54) is 6.33 Å². The van der Waals surface area contributed by atoms with Gasteiger partial charge in [0.1, 0.15) is 31.1 Å². The van der Waals surface area contributed by atoms with E-state index in [4.69, 9.17) is 9.47 Å². The zero-order chi connectivity index (χ0) is 17.9. The fourth-order valence-electron chi connectivity index (χ4n) is 3.19. The van der Waals surface area contributed by atoms with E-state index >= 15 is 0 Å². The number of hydrogen-bond acceptors (Lipinski definition) is 6. The van der Waals surface area contributed by atoms with Crippen molar-refractivity contribution < 1.29 is 14.3 Å². The zero-order valence-corrected chi connectivity index (χ0v) is 14.8. The molecule has 2 aromatic rings. The Morgan fingerprint density at radius 2 is 1.88 bits per heavy atom. The van der Waals surface area contributed by atoms with E-state index < -0.39 is 0 Å². The minimum atomic E-state index is -0.0375. The van der Waals surface area contributed by atoms with Crippen molar-refractivity contribution in [1.29, 1.82) is 0 Å². The molecule has 7 nitrogen and oxygen atoms in total. The first kappa shape index (κ1) is 16.6. The number of benzene rings is 1. The lowest BCUT2D eigenvalue weighted by Gasteiger charge is -2.30. The second-order valence-electron chi connectivity index (χ2n) is 6.75. The largest absolute Gasteiger partial charge is 0.486 e. The van der Waals surface area contributed by atoms with Crippen LogP contribution in [0.15, 0.2) is 30.6 Å². The Kier molecular flexibility index (Phi) is 4.60. The van der Waals surface area contributed by atoms with Crippen LogP contribution in [-0.4, -0.2) is 47.1 Å². The van der Waals surface area contributed by atoms with Crippen molar-refractivity contribution in [2.75, 3.05) is 31.6 Å². The number of fused-ring (bicyclic) bond motifs is 1. The van der Waals surface area contributed by atoms with Crippen molar-refractivity contribution >= 4 is 17.4 Å². The number of likely N-dealkylation sites (tertiary alicyclic amines) is 1. The molecule has 1 fully saturated rings. The molecule has 1 aromatic carbocycles. The summed E-state index contributed by atoms with van der Waals surface area (Å²) in [5.74, 6) is 2.65. The second kappa shape index (κ2) is 7.19. The third-order valence-corrected chi connectivity index (χ3v) is 4.77. The molecule has 0 bridgehead atoms. The van der Waals surface area contributed by atoms with Gasteiger partial charge in [-0.2, -0.15) is 0 Å². The van der Waals surface area contributed by atoms with Gasteiger partial charge in [-0.1, -0.05) is 6.92 Å². The number of rotatable bonds is 3. The minimum Gasteiger partial charge on any atom is -0.486 e. The summed E-state index contributed by atoms with van der Waals surface area (Å²) in [7, 11) is 0. The minimum absolute atomic E-state index is 0.0375. The number of carbonyl (C=O) groups excluding carboxylic acids is 1. The molecule has 3 heterocycles. The highest BCUT2D eigenvalue weighted by Gasteiger charge is 2.22. The number of piperidine rings is 1. The second-order valence-corrected chi connectivity index (χ2v) is 6.75. The molecular formula is C19H22N4O3. The van der Waals surface area contributed by atoms with Gasteiger partial charge in [-0.3, -0.25) is 4.79 Å². The van der Waals surface area contributed by atoms with E-state index in [1.54, 1.807) is 6.07 Å². The molecule has 136 valence electrons. The quantitative estimate of drug-likeness (QED) is 0.913. The summed E-state index contributed by atoms with van der Waals surface area (Å²) >= 11 is 0. The Labute approximate surface area is 152 Å². The Bertz CT molecular complexity index is 803. The van der Waals surface area contributed by atoms with Gasteiger partial charge >= 0.3 is 0 Å². The summed E-state index contributed by atoms with van der Waals surface area (Å²) in [5.41, 5.74) is 1.23. The van der Waals surface area contributed by atoms with Crippen molar-refractivity contribution in [2.24, 2.45) is 5.92 Å². The lowest BCUT2D eigenvalue weighted by molar-refractivity contribution is 0.0691. The van der Waals surface area contributed by atoms with Crippen LogP contribution in [0, 0.1) is 5.92 Å². The Morgan fingerprint density at radius 3 is 2.69 bits per heavy atom. The van der Waals surface area contributed by atoms with Crippen LogP contribution >= 0.6 is 0 Å². The van der Waals surface area contributed by atoms with Gasteiger partial charge in [0, 0.05) is 30.9 Å². The van der Waals surface area contributed by atoms with Crippen LogP contribution in [0.1, 0.15) is 30.3 Å². The SMILES string of the molecule is CC1CCN(C(=O)c2cc(Nc3ccc4c(c3)OCCO4)ncn2)CC1. The van der Waals surface area contributed by atoms with Crippen LogP contribution in [0.5, 0.6) is 11.5 Å². The van der Waals surface area contributed by atoms with Crippen LogP contribution < -0.4 is 14.8 Å². The summed E-state index contributed by atoms with van der Waals surface area (Å²) in [6, 6.07) is 7.31. The smallest absolute Gasteiger partial charge is 0.272 e. The lowest BCUT2D eigenvalue weighted by Crippen LogP contribution is -2.38. The van der Waals surface area contributed by atoms with Gasteiger partial charge in [0.05, 0.1) is 0 Å². The van der Waals surface area contributed by atoms with Crippen molar-refractivity contribution in [1.82, 2.24) is 14.9 Å². The average Bonchev–Trinajstić information content (AvgIpc) is 2.68. The number of anilines is 2. The monoisotopic (exact) mass is 354 g/mol. The third-order valence-electron chi connectivity index (χ3n) is 4.77. The van der Waals surface area contributed by atoms with E-state index in [0.29, 0.717) is 36.4 Å². The van der Waals surface area contributed by atoms with E-state index in [0.717, 1.165) is 37.4 Å². The molecule has 0 unspecified atom stereocenters. The van der Waals surface area contributed by atoms with Gasteiger partial charge in [0.15, 0.2) is 11.5 Å². The van der Waals surface area contributed by atoms with Crippen LogP contribution in [0.4, 0.5) is 11.5 Å². The number of amides is 1. The van der Waals surface area contributed by atoms with Crippen molar-refractivity contribution in [3.8, 4) is 11.5 Å². The molecule has 7 heteroatoms. The molecule has 1 N–H and O–H groups in total. The molecule has 4 rings (SSSR count). The first-order valence-electron chi connectivity index (χ1n) is 8.97. The maximum Gasteiger partial charge on any atom is 0.272 e. The molecule has 0 aliphatic carbocycles. The van der Waals surface area contributed by atoms with Crippen LogP contribution in [0.2, 0.25) is 0 Å². The highest BCUT2D eigenvalue weighted by molar-refractivity contribution is 5.93. The number of aromatic nitrogens is 2. The van der Waals surface area contributed by atoms with Gasteiger partial charge in [-0.25, -0.2) is 9.97 Å². The highest BCUT2D eigenvalue weighted by Crippen LogP contribution is 2.33.